The Kier molecular flexibility index (Phi) is 3.62. The molecule has 0 aromatic heterocycles. The fraction of sp³-hybridized carbons (Fsp3) is 0.364. The normalized spacial score (nSPS) is 19.5. The molecule has 1 aliphatic rings. The van der Waals surface area contributed by atoms with Gasteiger partial charge in [0.15, 0.2) is 0 Å². The van der Waals surface area contributed by atoms with Gasteiger partial charge in [-0.15, -0.1) is 11.8 Å². The van der Waals surface area contributed by atoms with Crippen molar-refractivity contribution in [1.29, 1.82) is 0 Å². The monoisotopic (exact) mass is 305 g/mol. The number of halogens is 1. The number of fused-ring (bicyclic) bond motifs is 1. The number of rotatable bonds is 1. The summed E-state index contributed by atoms with van der Waals surface area (Å²) in [6.45, 7) is 4.12. The minimum absolute atomic E-state index is 0.0510. The Morgan fingerprint density at radius 1 is 1.50 bits per heavy atom. The standard InChI is InChI=1S/C11H12ClNO3S2/c1-7-6-13(8(2)14)10-4-3-9(18(12,15)16)5-11(10)17-7/h3-5,7H,6H2,1-2H3. The van der Waals surface area contributed by atoms with Gasteiger partial charge in [-0.3, -0.25) is 4.79 Å². The van der Waals surface area contributed by atoms with E-state index in [0.717, 1.165) is 10.6 Å². The van der Waals surface area contributed by atoms with Crippen LogP contribution in [0.5, 0.6) is 0 Å². The Balaban J connectivity index is 2.53. The van der Waals surface area contributed by atoms with E-state index in [9.17, 15) is 13.2 Å². The van der Waals surface area contributed by atoms with Crippen molar-refractivity contribution in [3.8, 4) is 0 Å². The molecule has 0 spiro atoms. The molecule has 0 saturated carbocycles. The number of hydrogen-bond donors (Lipinski definition) is 0. The fourth-order valence-electron chi connectivity index (χ4n) is 1.87. The number of carbonyl (C=O) groups is 1. The summed E-state index contributed by atoms with van der Waals surface area (Å²) in [7, 11) is 1.58. The molecule has 1 aromatic carbocycles. The van der Waals surface area contributed by atoms with Crippen LogP contribution in [0.4, 0.5) is 5.69 Å². The minimum Gasteiger partial charge on any atom is -0.310 e. The molecule has 2 rings (SSSR count). The molecule has 18 heavy (non-hydrogen) atoms. The second-order valence-electron chi connectivity index (χ2n) is 4.13. The van der Waals surface area contributed by atoms with Crippen molar-refractivity contribution in [2.75, 3.05) is 11.4 Å². The smallest absolute Gasteiger partial charge is 0.261 e. The Morgan fingerprint density at radius 3 is 2.72 bits per heavy atom. The highest BCUT2D eigenvalue weighted by Crippen LogP contribution is 2.40. The Bertz CT molecular complexity index is 600. The molecule has 1 aromatic rings. The van der Waals surface area contributed by atoms with Crippen molar-refractivity contribution in [2.24, 2.45) is 0 Å². The van der Waals surface area contributed by atoms with Crippen LogP contribution in [-0.2, 0) is 13.8 Å². The molecule has 0 radical (unpaired) electrons. The summed E-state index contributed by atoms with van der Waals surface area (Å²) in [6.07, 6.45) is 0. The molecular weight excluding hydrogens is 294 g/mol. The van der Waals surface area contributed by atoms with Crippen LogP contribution in [0.15, 0.2) is 28.0 Å². The van der Waals surface area contributed by atoms with Crippen LogP contribution in [0, 0.1) is 0 Å². The zero-order valence-corrected chi connectivity index (χ0v) is 12.3. The summed E-state index contributed by atoms with van der Waals surface area (Å²) in [5, 5.41) is 0.217. The van der Waals surface area contributed by atoms with E-state index < -0.39 is 9.05 Å². The first-order valence-electron chi connectivity index (χ1n) is 5.32. The average molecular weight is 306 g/mol. The van der Waals surface area contributed by atoms with Gasteiger partial charge in [-0.1, -0.05) is 6.92 Å². The first-order chi connectivity index (χ1) is 8.29. The molecule has 0 N–H and O–H groups in total. The van der Waals surface area contributed by atoms with E-state index in [4.69, 9.17) is 10.7 Å². The summed E-state index contributed by atoms with van der Waals surface area (Å²) in [5.74, 6) is -0.0510. The minimum atomic E-state index is -3.74. The third-order valence-corrected chi connectivity index (χ3v) is 5.14. The molecule has 1 atom stereocenters. The number of carbonyl (C=O) groups excluding carboxylic acids is 1. The van der Waals surface area contributed by atoms with E-state index in [0.29, 0.717) is 6.54 Å². The van der Waals surface area contributed by atoms with Gasteiger partial charge in [-0.05, 0) is 18.2 Å². The summed E-state index contributed by atoms with van der Waals surface area (Å²) in [4.78, 5) is 14.0. The molecule has 7 heteroatoms. The van der Waals surface area contributed by atoms with Crippen LogP contribution in [-0.4, -0.2) is 26.1 Å². The Labute approximate surface area is 115 Å². The van der Waals surface area contributed by atoms with Crippen LogP contribution in [0.2, 0.25) is 0 Å². The van der Waals surface area contributed by atoms with E-state index in [1.54, 1.807) is 22.7 Å². The van der Waals surface area contributed by atoms with Crippen molar-refractivity contribution in [1.82, 2.24) is 0 Å². The highest BCUT2D eigenvalue weighted by Gasteiger charge is 2.26. The predicted octanol–water partition coefficient (Wildman–Crippen LogP) is 2.46. The summed E-state index contributed by atoms with van der Waals surface area (Å²) in [6, 6.07) is 4.58. The molecule has 0 bridgehead atoms. The topological polar surface area (TPSA) is 54.5 Å². The van der Waals surface area contributed by atoms with Crippen molar-refractivity contribution in [3.63, 3.8) is 0 Å². The first-order valence-corrected chi connectivity index (χ1v) is 8.51. The zero-order chi connectivity index (χ0) is 13.5. The lowest BCUT2D eigenvalue weighted by Gasteiger charge is -2.32. The quantitative estimate of drug-likeness (QED) is 0.748. The van der Waals surface area contributed by atoms with E-state index in [2.05, 4.69) is 0 Å². The number of amides is 1. The third kappa shape index (κ3) is 2.65. The van der Waals surface area contributed by atoms with Crippen LogP contribution in [0.3, 0.4) is 0 Å². The van der Waals surface area contributed by atoms with E-state index in [1.165, 1.54) is 19.1 Å². The van der Waals surface area contributed by atoms with E-state index in [-0.39, 0.29) is 16.1 Å². The average Bonchev–Trinajstić information content (AvgIpc) is 2.25. The molecular formula is C11H12ClNO3S2. The van der Waals surface area contributed by atoms with Gasteiger partial charge < -0.3 is 4.90 Å². The second kappa shape index (κ2) is 4.75. The van der Waals surface area contributed by atoms with Crippen molar-refractivity contribution in [3.05, 3.63) is 18.2 Å². The maximum absolute atomic E-state index is 11.6. The molecule has 1 heterocycles. The van der Waals surface area contributed by atoms with Gasteiger partial charge in [0.2, 0.25) is 5.91 Å². The maximum Gasteiger partial charge on any atom is 0.261 e. The SMILES string of the molecule is CC(=O)N1CC(C)Sc2cc(S(=O)(=O)Cl)ccc21. The molecule has 4 nitrogen and oxygen atoms in total. The second-order valence-corrected chi connectivity index (χ2v) is 8.17. The molecule has 98 valence electrons. The zero-order valence-electron chi connectivity index (χ0n) is 9.88. The number of anilines is 1. The molecule has 1 amide bonds. The van der Waals surface area contributed by atoms with Gasteiger partial charge in [0, 0.05) is 34.3 Å². The van der Waals surface area contributed by atoms with Gasteiger partial charge in [0.1, 0.15) is 0 Å². The first kappa shape index (κ1) is 13.7. The number of benzene rings is 1. The lowest BCUT2D eigenvalue weighted by Crippen LogP contribution is -2.36. The number of hydrogen-bond acceptors (Lipinski definition) is 4. The van der Waals surface area contributed by atoms with Gasteiger partial charge in [-0.25, -0.2) is 8.42 Å². The molecule has 0 aliphatic carbocycles. The highest BCUT2D eigenvalue weighted by atomic mass is 35.7. The maximum atomic E-state index is 11.6. The molecule has 0 fully saturated rings. The molecule has 1 unspecified atom stereocenters. The highest BCUT2D eigenvalue weighted by molar-refractivity contribution is 8.13. The van der Waals surface area contributed by atoms with Gasteiger partial charge in [0.05, 0.1) is 10.6 Å². The summed E-state index contributed by atoms with van der Waals surface area (Å²) < 4.78 is 22.6. The lowest BCUT2D eigenvalue weighted by molar-refractivity contribution is -0.116. The summed E-state index contributed by atoms with van der Waals surface area (Å²) in [5.41, 5.74) is 0.745. The van der Waals surface area contributed by atoms with Crippen LogP contribution < -0.4 is 4.90 Å². The Morgan fingerprint density at radius 2 is 2.17 bits per heavy atom. The van der Waals surface area contributed by atoms with Crippen LogP contribution >= 0.6 is 22.4 Å². The summed E-state index contributed by atoms with van der Waals surface area (Å²) >= 11 is 1.55. The number of thioether (sulfide) groups is 1. The van der Waals surface area contributed by atoms with Gasteiger partial charge >= 0.3 is 0 Å². The van der Waals surface area contributed by atoms with Crippen molar-refractivity contribution < 1.29 is 13.2 Å². The van der Waals surface area contributed by atoms with Crippen LogP contribution in [0.1, 0.15) is 13.8 Å². The predicted molar refractivity (Wildman–Crippen MR) is 72.8 cm³/mol. The Hall–Kier alpha value is -0.720. The van der Waals surface area contributed by atoms with Gasteiger partial charge in [-0.2, -0.15) is 0 Å². The van der Waals surface area contributed by atoms with Crippen molar-refractivity contribution >= 4 is 43.1 Å². The van der Waals surface area contributed by atoms with Crippen LogP contribution in [0.25, 0.3) is 0 Å². The third-order valence-electron chi connectivity index (χ3n) is 2.65. The molecule has 0 saturated heterocycles. The number of nitrogens with zero attached hydrogens (tertiary/aromatic N) is 1. The molecule has 1 aliphatic heterocycles. The fourth-order valence-corrected chi connectivity index (χ4v) is 3.87. The van der Waals surface area contributed by atoms with E-state index in [1.807, 2.05) is 6.92 Å². The lowest BCUT2D eigenvalue weighted by atomic mass is 10.2. The van der Waals surface area contributed by atoms with Gasteiger partial charge in [0.25, 0.3) is 9.05 Å². The largest absolute Gasteiger partial charge is 0.310 e. The van der Waals surface area contributed by atoms with Crippen molar-refractivity contribution in [2.45, 2.75) is 28.9 Å². The van der Waals surface area contributed by atoms with E-state index >= 15 is 0 Å².